The molecule has 0 saturated heterocycles. The van der Waals surface area contributed by atoms with Crippen LogP contribution in [0, 0.1) is 0 Å². The zero-order chi connectivity index (χ0) is 15.8. The maximum absolute atomic E-state index is 5.97. The van der Waals surface area contributed by atoms with Crippen molar-refractivity contribution in [3.05, 3.63) is 54.9 Å². The number of furan rings is 1. The van der Waals surface area contributed by atoms with E-state index in [9.17, 15) is 0 Å². The van der Waals surface area contributed by atoms with Crippen molar-refractivity contribution in [2.24, 2.45) is 7.05 Å². The van der Waals surface area contributed by atoms with Gasteiger partial charge in [0.1, 0.15) is 5.58 Å². The predicted octanol–water partition coefficient (Wildman–Crippen LogP) is 4.27. The fourth-order valence-corrected chi connectivity index (χ4v) is 3.79. The largest absolute Gasteiger partial charge is 0.454 e. The molecular formula is C19H12N4O. The molecule has 4 aromatic heterocycles. The second kappa shape index (κ2) is 3.94. The molecule has 0 aliphatic carbocycles. The summed E-state index contributed by atoms with van der Waals surface area (Å²) >= 11 is 0. The molecular weight excluding hydrogens is 300 g/mol. The zero-order valence-corrected chi connectivity index (χ0v) is 12.9. The van der Waals surface area contributed by atoms with Crippen LogP contribution < -0.4 is 0 Å². The van der Waals surface area contributed by atoms with Crippen molar-refractivity contribution in [1.29, 1.82) is 0 Å². The van der Waals surface area contributed by atoms with Gasteiger partial charge < -0.3 is 8.98 Å². The highest BCUT2D eigenvalue weighted by Gasteiger charge is 2.18. The summed E-state index contributed by atoms with van der Waals surface area (Å²) in [5, 5.41) is 2.20. The van der Waals surface area contributed by atoms with Crippen LogP contribution in [-0.4, -0.2) is 18.9 Å². The lowest BCUT2D eigenvalue weighted by atomic mass is 10.1. The first-order chi connectivity index (χ1) is 11.8. The summed E-state index contributed by atoms with van der Waals surface area (Å²) < 4.78 is 10.3. The van der Waals surface area contributed by atoms with Gasteiger partial charge in [-0.05, 0) is 30.3 Å². The number of nitrogens with zero attached hydrogens (tertiary/aromatic N) is 4. The normalized spacial score (nSPS) is 12.4. The lowest BCUT2D eigenvalue weighted by Gasteiger charge is -1.98. The standard InChI is InChI=1S/C19H12N4O/c1-22-18-14(23-13-5-3-2-4-12(13)21-19(22)23)6-7-15-17(18)11-8-9-20-10-16(11)24-15/h2-10H,1H3. The molecule has 114 valence electrons. The lowest BCUT2D eigenvalue weighted by molar-refractivity contribution is 0.667. The number of rotatable bonds is 0. The predicted molar refractivity (Wildman–Crippen MR) is 94.2 cm³/mol. The molecule has 0 aliphatic heterocycles. The summed E-state index contributed by atoms with van der Waals surface area (Å²) in [6, 6.07) is 14.4. The third-order valence-electron chi connectivity index (χ3n) is 4.81. The van der Waals surface area contributed by atoms with Gasteiger partial charge in [0.15, 0.2) is 5.58 Å². The van der Waals surface area contributed by atoms with Crippen LogP contribution in [0.1, 0.15) is 0 Å². The third kappa shape index (κ3) is 1.27. The number of hydrogen-bond donors (Lipinski definition) is 0. The number of aryl methyl sites for hydroxylation is 1. The molecule has 0 saturated carbocycles. The fraction of sp³-hybridized carbons (Fsp3) is 0.0526. The van der Waals surface area contributed by atoms with Gasteiger partial charge in [-0.2, -0.15) is 0 Å². The van der Waals surface area contributed by atoms with Crippen molar-refractivity contribution in [3.63, 3.8) is 0 Å². The monoisotopic (exact) mass is 312 g/mol. The Hall–Kier alpha value is -3.34. The Kier molecular flexibility index (Phi) is 1.99. The van der Waals surface area contributed by atoms with Gasteiger partial charge in [-0.1, -0.05) is 12.1 Å². The van der Waals surface area contributed by atoms with Crippen LogP contribution in [0.5, 0.6) is 0 Å². The van der Waals surface area contributed by atoms with E-state index < -0.39 is 0 Å². The maximum atomic E-state index is 5.97. The molecule has 6 rings (SSSR count). The van der Waals surface area contributed by atoms with Crippen molar-refractivity contribution in [1.82, 2.24) is 18.9 Å². The first-order valence-electron chi connectivity index (χ1n) is 7.84. The number of hydrogen-bond acceptors (Lipinski definition) is 3. The molecule has 24 heavy (non-hydrogen) atoms. The minimum Gasteiger partial charge on any atom is -0.454 e. The molecule has 0 unspecified atom stereocenters. The Bertz CT molecular complexity index is 1420. The van der Waals surface area contributed by atoms with Gasteiger partial charge in [-0.3, -0.25) is 9.38 Å². The van der Waals surface area contributed by atoms with Crippen molar-refractivity contribution >= 4 is 49.8 Å². The van der Waals surface area contributed by atoms with E-state index in [2.05, 4.69) is 33.1 Å². The summed E-state index contributed by atoms with van der Waals surface area (Å²) in [7, 11) is 2.06. The minimum absolute atomic E-state index is 0.809. The van der Waals surface area contributed by atoms with Crippen molar-refractivity contribution in [2.45, 2.75) is 0 Å². The minimum atomic E-state index is 0.809. The van der Waals surface area contributed by atoms with Gasteiger partial charge in [0.2, 0.25) is 5.78 Å². The summed E-state index contributed by atoms with van der Waals surface area (Å²) in [4.78, 5) is 8.97. The summed E-state index contributed by atoms with van der Waals surface area (Å²) in [5.41, 5.74) is 6.07. The van der Waals surface area contributed by atoms with Gasteiger partial charge in [0.05, 0.1) is 33.6 Å². The summed E-state index contributed by atoms with van der Waals surface area (Å²) in [6.45, 7) is 0. The van der Waals surface area contributed by atoms with E-state index in [1.807, 2.05) is 30.3 Å². The first-order valence-corrected chi connectivity index (χ1v) is 7.84. The highest BCUT2D eigenvalue weighted by molar-refractivity contribution is 6.18. The Morgan fingerprint density at radius 1 is 0.958 bits per heavy atom. The molecule has 0 amide bonds. The molecule has 0 fully saturated rings. The van der Waals surface area contributed by atoms with E-state index in [4.69, 9.17) is 9.40 Å². The number of benzene rings is 2. The second-order valence-corrected chi connectivity index (χ2v) is 6.08. The summed E-state index contributed by atoms with van der Waals surface area (Å²) in [5.74, 6) is 0.933. The highest BCUT2D eigenvalue weighted by Crippen LogP contribution is 2.36. The molecule has 6 aromatic rings. The van der Waals surface area contributed by atoms with E-state index in [1.54, 1.807) is 12.4 Å². The van der Waals surface area contributed by atoms with E-state index in [0.29, 0.717) is 0 Å². The lowest BCUT2D eigenvalue weighted by Crippen LogP contribution is -1.88. The van der Waals surface area contributed by atoms with Crippen LogP contribution in [0.2, 0.25) is 0 Å². The van der Waals surface area contributed by atoms with Crippen LogP contribution in [0.15, 0.2) is 59.3 Å². The maximum Gasteiger partial charge on any atom is 0.215 e. The van der Waals surface area contributed by atoms with Crippen LogP contribution in [-0.2, 0) is 7.05 Å². The van der Waals surface area contributed by atoms with E-state index in [-0.39, 0.29) is 0 Å². The van der Waals surface area contributed by atoms with Gasteiger partial charge in [-0.25, -0.2) is 4.98 Å². The Labute approximate surface area is 135 Å². The number of fused-ring (bicyclic) bond motifs is 9. The van der Waals surface area contributed by atoms with Gasteiger partial charge in [0.25, 0.3) is 0 Å². The Morgan fingerprint density at radius 3 is 2.83 bits per heavy atom. The molecule has 5 nitrogen and oxygen atoms in total. The first kappa shape index (κ1) is 12.1. The molecule has 0 bridgehead atoms. The fourth-order valence-electron chi connectivity index (χ4n) is 3.79. The van der Waals surface area contributed by atoms with Crippen molar-refractivity contribution in [3.8, 4) is 0 Å². The molecule has 0 aliphatic rings. The van der Waals surface area contributed by atoms with Crippen LogP contribution in [0.3, 0.4) is 0 Å². The smallest absolute Gasteiger partial charge is 0.215 e. The quantitative estimate of drug-likeness (QED) is 0.421. The number of imidazole rings is 2. The average molecular weight is 312 g/mol. The van der Waals surface area contributed by atoms with E-state index in [0.717, 1.165) is 49.8 Å². The highest BCUT2D eigenvalue weighted by atomic mass is 16.3. The number of pyridine rings is 1. The topological polar surface area (TPSA) is 48.3 Å². The van der Waals surface area contributed by atoms with Gasteiger partial charge in [-0.15, -0.1) is 0 Å². The van der Waals surface area contributed by atoms with Gasteiger partial charge >= 0.3 is 0 Å². The van der Waals surface area contributed by atoms with Crippen LogP contribution >= 0.6 is 0 Å². The Balaban J connectivity index is 1.97. The summed E-state index contributed by atoms with van der Waals surface area (Å²) in [6.07, 6.45) is 3.57. The second-order valence-electron chi connectivity index (χ2n) is 6.08. The molecule has 0 atom stereocenters. The van der Waals surface area contributed by atoms with Gasteiger partial charge in [0, 0.05) is 18.6 Å². The zero-order valence-electron chi connectivity index (χ0n) is 12.9. The molecule has 0 N–H and O–H groups in total. The number of para-hydroxylation sites is 2. The van der Waals surface area contributed by atoms with Crippen LogP contribution in [0.4, 0.5) is 0 Å². The van der Waals surface area contributed by atoms with E-state index in [1.165, 1.54) is 0 Å². The Morgan fingerprint density at radius 2 is 1.88 bits per heavy atom. The van der Waals surface area contributed by atoms with Crippen molar-refractivity contribution < 1.29 is 4.42 Å². The van der Waals surface area contributed by atoms with Crippen LogP contribution in [0.25, 0.3) is 49.8 Å². The van der Waals surface area contributed by atoms with E-state index >= 15 is 0 Å². The van der Waals surface area contributed by atoms with Crippen molar-refractivity contribution in [2.75, 3.05) is 0 Å². The average Bonchev–Trinajstić information content (AvgIpc) is 3.25. The molecule has 0 spiro atoms. The molecule has 4 heterocycles. The SMILES string of the molecule is Cn1c2c3c(ccc2n2c4ccccc4nc12)oc1cnccc13. The third-order valence-corrected chi connectivity index (χ3v) is 4.81. The number of aromatic nitrogens is 4. The molecule has 2 aromatic carbocycles. The molecule has 5 heteroatoms. The molecule has 0 radical (unpaired) electrons.